The number of nitrogen functional groups attached to an aromatic ring is 1. The van der Waals surface area contributed by atoms with E-state index in [0.29, 0.717) is 29.4 Å². The Balaban J connectivity index is 2.19. The monoisotopic (exact) mass is 267 g/mol. The number of nitrogens with zero attached hydrogens (tertiary/aromatic N) is 1. The van der Waals surface area contributed by atoms with Crippen molar-refractivity contribution in [3.8, 4) is 0 Å². The molecule has 3 N–H and O–H groups in total. The number of anilines is 1. The predicted molar refractivity (Wildman–Crippen MR) is 69.4 cm³/mol. The van der Waals surface area contributed by atoms with E-state index in [1.165, 1.54) is 11.0 Å². The predicted octanol–water partition coefficient (Wildman–Crippen LogP) is 0.884. The molecule has 5 nitrogen and oxygen atoms in total. The number of hydrogen-bond acceptors (Lipinski definition) is 3. The van der Waals surface area contributed by atoms with E-state index in [1.54, 1.807) is 12.1 Å². The lowest BCUT2D eigenvalue weighted by Gasteiger charge is -2.19. The summed E-state index contributed by atoms with van der Waals surface area (Å²) in [6.45, 7) is 1.24. The molecular formula is C12H14ClN3O2. The smallest absolute Gasteiger partial charge is 0.254 e. The Bertz CT molecular complexity index is 490. The minimum absolute atomic E-state index is 0.0842. The third kappa shape index (κ3) is 2.73. The van der Waals surface area contributed by atoms with Crippen molar-refractivity contribution in [1.82, 2.24) is 10.2 Å². The number of rotatable bonds is 1. The largest absolute Gasteiger partial charge is 0.398 e. The van der Waals surface area contributed by atoms with Gasteiger partial charge in [0.25, 0.3) is 5.91 Å². The highest BCUT2D eigenvalue weighted by Crippen LogP contribution is 2.20. The van der Waals surface area contributed by atoms with Gasteiger partial charge in [-0.2, -0.15) is 0 Å². The summed E-state index contributed by atoms with van der Waals surface area (Å²) in [5.41, 5.74) is 6.47. The van der Waals surface area contributed by atoms with Crippen molar-refractivity contribution >= 4 is 29.1 Å². The van der Waals surface area contributed by atoms with Crippen LogP contribution in [0.5, 0.6) is 0 Å². The van der Waals surface area contributed by atoms with E-state index in [4.69, 9.17) is 17.3 Å². The Morgan fingerprint density at radius 3 is 2.94 bits per heavy atom. The molecule has 0 aromatic heterocycles. The molecule has 1 saturated heterocycles. The van der Waals surface area contributed by atoms with Crippen molar-refractivity contribution < 1.29 is 9.59 Å². The molecule has 1 aliphatic heterocycles. The third-order valence-corrected chi connectivity index (χ3v) is 3.12. The molecule has 18 heavy (non-hydrogen) atoms. The van der Waals surface area contributed by atoms with Crippen LogP contribution in [-0.4, -0.2) is 36.3 Å². The van der Waals surface area contributed by atoms with E-state index < -0.39 is 0 Å². The van der Waals surface area contributed by atoms with Crippen LogP contribution in [0.2, 0.25) is 5.02 Å². The highest BCUT2D eigenvalue weighted by molar-refractivity contribution is 6.33. The molecule has 0 saturated carbocycles. The third-order valence-electron chi connectivity index (χ3n) is 2.80. The number of carbonyl (C=O) groups excluding carboxylic acids is 2. The Morgan fingerprint density at radius 2 is 2.22 bits per heavy atom. The van der Waals surface area contributed by atoms with Crippen LogP contribution < -0.4 is 11.1 Å². The molecule has 0 atom stereocenters. The highest BCUT2D eigenvalue weighted by Gasteiger charge is 2.21. The highest BCUT2D eigenvalue weighted by atomic mass is 35.5. The lowest BCUT2D eigenvalue weighted by Crippen LogP contribution is -2.37. The minimum atomic E-state index is -0.200. The first-order valence-electron chi connectivity index (χ1n) is 5.69. The molecule has 2 rings (SSSR count). The molecule has 0 bridgehead atoms. The minimum Gasteiger partial charge on any atom is -0.398 e. The summed E-state index contributed by atoms with van der Waals surface area (Å²) >= 11 is 5.88. The number of benzene rings is 1. The van der Waals surface area contributed by atoms with Crippen LogP contribution in [0.25, 0.3) is 0 Å². The Hall–Kier alpha value is -1.75. The van der Waals surface area contributed by atoms with Crippen molar-refractivity contribution in [2.45, 2.75) is 6.42 Å². The standard InChI is InChI=1S/C12H14ClN3O2/c13-9-6-8(2-3-10(9)14)12(18)16-5-1-4-15-11(17)7-16/h2-3,6H,1,4-5,7,14H2,(H,15,17). The number of nitrogens with one attached hydrogen (secondary N) is 1. The van der Waals surface area contributed by atoms with Gasteiger partial charge in [0.2, 0.25) is 5.91 Å². The van der Waals surface area contributed by atoms with Gasteiger partial charge in [-0.25, -0.2) is 0 Å². The summed E-state index contributed by atoms with van der Waals surface area (Å²) in [5, 5.41) is 3.07. The fraction of sp³-hybridized carbons (Fsp3) is 0.333. The summed E-state index contributed by atoms with van der Waals surface area (Å²) in [4.78, 5) is 25.1. The van der Waals surface area contributed by atoms with Crippen molar-refractivity contribution in [3.05, 3.63) is 28.8 Å². The first-order valence-corrected chi connectivity index (χ1v) is 6.07. The van der Waals surface area contributed by atoms with Gasteiger partial charge in [0.05, 0.1) is 17.3 Å². The average Bonchev–Trinajstić information content (AvgIpc) is 2.56. The molecule has 1 aliphatic rings. The summed E-state index contributed by atoms with van der Waals surface area (Å²) in [6.07, 6.45) is 0.750. The Labute approximate surface area is 110 Å². The van der Waals surface area contributed by atoms with Crippen LogP contribution in [0.4, 0.5) is 5.69 Å². The summed E-state index contributed by atoms with van der Waals surface area (Å²) < 4.78 is 0. The van der Waals surface area contributed by atoms with Crippen molar-refractivity contribution in [2.24, 2.45) is 0 Å². The average molecular weight is 268 g/mol. The zero-order chi connectivity index (χ0) is 13.1. The van der Waals surface area contributed by atoms with Gasteiger partial charge >= 0.3 is 0 Å². The molecule has 0 radical (unpaired) electrons. The zero-order valence-corrected chi connectivity index (χ0v) is 10.5. The summed E-state index contributed by atoms with van der Waals surface area (Å²) in [7, 11) is 0. The van der Waals surface area contributed by atoms with E-state index in [9.17, 15) is 9.59 Å². The first kappa shape index (κ1) is 12.7. The first-order chi connectivity index (χ1) is 8.58. The number of hydrogen-bond donors (Lipinski definition) is 2. The molecule has 1 aromatic rings. The van der Waals surface area contributed by atoms with E-state index in [0.717, 1.165) is 6.42 Å². The molecule has 1 fully saturated rings. The van der Waals surface area contributed by atoms with Crippen LogP contribution in [0.3, 0.4) is 0 Å². The van der Waals surface area contributed by atoms with Gasteiger partial charge < -0.3 is 16.0 Å². The molecular weight excluding hydrogens is 254 g/mol. The van der Waals surface area contributed by atoms with Gasteiger partial charge in [0.15, 0.2) is 0 Å². The molecule has 0 unspecified atom stereocenters. The normalized spacial score (nSPS) is 16.1. The number of carbonyl (C=O) groups is 2. The Kier molecular flexibility index (Phi) is 3.72. The maximum absolute atomic E-state index is 12.2. The molecule has 2 amide bonds. The van der Waals surface area contributed by atoms with Gasteiger partial charge in [0, 0.05) is 18.7 Å². The summed E-state index contributed by atoms with van der Waals surface area (Å²) in [6, 6.07) is 4.74. The number of nitrogens with two attached hydrogens (primary N) is 1. The van der Waals surface area contributed by atoms with Crippen LogP contribution in [-0.2, 0) is 4.79 Å². The molecule has 96 valence electrons. The lowest BCUT2D eigenvalue weighted by molar-refractivity contribution is -0.121. The second kappa shape index (κ2) is 5.27. The SMILES string of the molecule is Nc1ccc(C(=O)N2CCCNC(=O)C2)cc1Cl. The maximum atomic E-state index is 12.2. The molecule has 0 spiro atoms. The van der Waals surface area contributed by atoms with E-state index in [1.807, 2.05) is 0 Å². The topological polar surface area (TPSA) is 75.4 Å². The molecule has 6 heteroatoms. The van der Waals surface area contributed by atoms with Gasteiger partial charge in [-0.1, -0.05) is 11.6 Å². The maximum Gasteiger partial charge on any atom is 0.254 e. The van der Waals surface area contributed by atoms with Crippen molar-refractivity contribution in [2.75, 3.05) is 25.4 Å². The van der Waals surface area contributed by atoms with Gasteiger partial charge in [-0.05, 0) is 24.6 Å². The van der Waals surface area contributed by atoms with E-state index >= 15 is 0 Å². The second-order valence-corrected chi connectivity index (χ2v) is 4.57. The van der Waals surface area contributed by atoms with Gasteiger partial charge in [-0.15, -0.1) is 0 Å². The number of halogens is 1. The fourth-order valence-corrected chi connectivity index (χ4v) is 2.00. The Morgan fingerprint density at radius 1 is 1.44 bits per heavy atom. The zero-order valence-electron chi connectivity index (χ0n) is 9.78. The molecule has 1 aromatic carbocycles. The van der Waals surface area contributed by atoms with Gasteiger partial charge in [0.1, 0.15) is 0 Å². The molecule has 0 aliphatic carbocycles. The van der Waals surface area contributed by atoms with E-state index in [-0.39, 0.29) is 18.4 Å². The summed E-state index contributed by atoms with van der Waals surface area (Å²) in [5.74, 6) is -0.337. The lowest BCUT2D eigenvalue weighted by atomic mass is 10.1. The van der Waals surface area contributed by atoms with Crippen LogP contribution >= 0.6 is 11.6 Å². The van der Waals surface area contributed by atoms with Crippen molar-refractivity contribution in [3.63, 3.8) is 0 Å². The van der Waals surface area contributed by atoms with Crippen LogP contribution in [0.1, 0.15) is 16.8 Å². The fourth-order valence-electron chi connectivity index (χ4n) is 1.82. The quantitative estimate of drug-likeness (QED) is 0.742. The van der Waals surface area contributed by atoms with Crippen LogP contribution in [0, 0.1) is 0 Å². The van der Waals surface area contributed by atoms with Crippen LogP contribution in [0.15, 0.2) is 18.2 Å². The van der Waals surface area contributed by atoms with Crippen molar-refractivity contribution in [1.29, 1.82) is 0 Å². The number of amides is 2. The van der Waals surface area contributed by atoms with Gasteiger partial charge in [-0.3, -0.25) is 9.59 Å². The van der Waals surface area contributed by atoms with E-state index in [2.05, 4.69) is 5.32 Å². The second-order valence-electron chi connectivity index (χ2n) is 4.17. The molecule has 1 heterocycles.